The lowest BCUT2D eigenvalue weighted by Gasteiger charge is -2.32. The Morgan fingerprint density at radius 3 is 2.40 bits per heavy atom. The Kier molecular flexibility index (Phi) is 7.66. The van der Waals surface area contributed by atoms with Crippen LogP contribution < -0.4 is 10.9 Å². The Morgan fingerprint density at radius 1 is 1.03 bits per heavy atom. The van der Waals surface area contributed by atoms with E-state index in [4.69, 9.17) is 4.98 Å². The van der Waals surface area contributed by atoms with Gasteiger partial charge in [0.15, 0.2) is 0 Å². The smallest absolute Gasteiger partial charge is 0.314 e. The fourth-order valence-electron chi connectivity index (χ4n) is 4.25. The van der Waals surface area contributed by atoms with Crippen molar-refractivity contribution < 1.29 is 4.79 Å². The molecule has 0 fully saturated rings. The molecule has 4 aromatic rings. The standard InChI is InChI=1S/C28H29BrN4O2/c1-4-18-32(28(35)31-24-13-9-7-11-22(24)29)25(5-2)26-30-23-12-8-6-10-21(23)27(34)33(26)20-16-14-19(3)15-17-20/h6-17,25H,4-5,18H2,1-3H3,(H,31,35). The number of carbonyl (C=O) groups is 1. The molecule has 1 atom stereocenters. The zero-order valence-corrected chi connectivity index (χ0v) is 21.7. The number of halogens is 1. The van der Waals surface area contributed by atoms with Crippen LogP contribution in [-0.4, -0.2) is 27.0 Å². The summed E-state index contributed by atoms with van der Waals surface area (Å²) in [5, 5.41) is 3.57. The summed E-state index contributed by atoms with van der Waals surface area (Å²) in [7, 11) is 0. The van der Waals surface area contributed by atoms with E-state index in [2.05, 4.69) is 21.2 Å². The van der Waals surface area contributed by atoms with E-state index in [1.54, 1.807) is 15.5 Å². The quantitative estimate of drug-likeness (QED) is 0.283. The first kappa shape index (κ1) is 24.7. The number of benzene rings is 3. The zero-order valence-electron chi connectivity index (χ0n) is 20.2. The maximum absolute atomic E-state index is 13.7. The van der Waals surface area contributed by atoms with Gasteiger partial charge in [0.25, 0.3) is 5.56 Å². The highest BCUT2D eigenvalue weighted by Crippen LogP contribution is 2.28. The van der Waals surface area contributed by atoms with E-state index in [1.165, 1.54) is 0 Å². The number of aryl methyl sites for hydroxylation is 1. The van der Waals surface area contributed by atoms with Crippen molar-refractivity contribution in [2.75, 3.05) is 11.9 Å². The normalized spacial score (nSPS) is 11.9. The van der Waals surface area contributed by atoms with Crippen LogP contribution >= 0.6 is 15.9 Å². The molecule has 1 aromatic heterocycles. The summed E-state index contributed by atoms with van der Waals surface area (Å²) >= 11 is 3.51. The third-order valence-corrected chi connectivity index (χ3v) is 6.69. The highest BCUT2D eigenvalue weighted by atomic mass is 79.9. The van der Waals surface area contributed by atoms with E-state index in [9.17, 15) is 9.59 Å². The van der Waals surface area contributed by atoms with Gasteiger partial charge in [-0.15, -0.1) is 0 Å². The summed E-state index contributed by atoms with van der Waals surface area (Å²) in [6, 6.07) is 22.0. The molecule has 2 amide bonds. The SMILES string of the molecule is CCCN(C(=O)Nc1ccccc1Br)C(CC)c1nc2ccccc2c(=O)n1-c1ccc(C)cc1. The lowest BCUT2D eigenvalue weighted by molar-refractivity contribution is 0.181. The number of rotatable bonds is 7. The number of nitrogens with zero attached hydrogens (tertiary/aromatic N) is 3. The molecule has 0 aliphatic carbocycles. The predicted molar refractivity (Wildman–Crippen MR) is 145 cm³/mol. The van der Waals surface area contributed by atoms with Crippen LogP contribution in [0.3, 0.4) is 0 Å². The minimum atomic E-state index is -0.406. The molecule has 3 aromatic carbocycles. The van der Waals surface area contributed by atoms with Gasteiger partial charge in [-0.05, 0) is 72.1 Å². The van der Waals surface area contributed by atoms with Crippen molar-refractivity contribution in [3.05, 3.63) is 99.0 Å². The summed E-state index contributed by atoms with van der Waals surface area (Å²) in [6.07, 6.45) is 1.36. The third-order valence-electron chi connectivity index (χ3n) is 6.00. The Labute approximate surface area is 213 Å². The summed E-state index contributed by atoms with van der Waals surface area (Å²) in [5.41, 5.74) is 3.00. The van der Waals surface area contributed by atoms with Crippen molar-refractivity contribution >= 4 is 38.6 Å². The Bertz CT molecular complexity index is 1400. The zero-order chi connectivity index (χ0) is 24.9. The molecule has 0 radical (unpaired) electrons. The van der Waals surface area contributed by atoms with Crippen molar-refractivity contribution in [3.63, 3.8) is 0 Å². The first-order chi connectivity index (χ1) is 16.9. The van der Waals surface area contributed by atoms with Gasteiger partial charge in [-0.3, -0.25) is 9.36 Å². The number of carbonyl (C=O) groups excluding carboxylic acids is 1. The number of aromatic nitrogens is 2. The van der Waals surface area contributed by atoms with E-state index in [0.717, 1.165) is 22.1 Å². The molecular formula is C28H29BrN4O2. The van der Waals surface area contributed by atoms with Crippen LogP contribution in [0.1, 0.15) is 44.1 Å². The second-order valence-corrected chi connectivity index (χ2v) is 9.35. The minimum absolute atomic E-state index is 0.143. The molecule has 35 heavy (non-hydrogen) atoms. The lowest BCUT2D eigenvalue weighted by Crippen LogP contribution is -2.41. The fourth-order valence-corrected chi connectivity index (χ4v) is 4.63. The number of para-hydroxylation sites is 2. The highest BCUT2D eigenvalue weighted by Gasteiger charge is 2.29. The number of anilines is 1. The maximum Gasteiger partial charge on any atom is 0.322 e. The summed E-state index contributed by atoms with van der Waals surface area (Å²) in [4.78, 5) is 34.0. The van der Waals surface area contributed by atoms with E-state index >= 15 is 0 Å². The second-order valence-electron chi connectivity index (χ2n) is 8.49. The first-order valence-electron chi connectivity index (χ1n) is 11.9. The molecule has 1 heterocycles. The summed E-state index contributed by atoms with van der Waals surface area (Å²) < 4.78 is 2.46. The van der Waals surface area contributed by atoms with Gasteiger partial charge in [0.1, 0.15) is 5.82 Å². The number of hydrogen-bond acceptors (Lipinski definition) is 3. The van der Waals surface area contributed by atoms with Crippen molar-refractivity contribution in [3.8, 4) is 5.69 Å². The van der Waals surface area contributed by atoms with Crippen LogP contribution in [0.4, 0.5) is 10.5 Å². The predicted octanol–water partition coefficient (Wildman–Crippen LogP) is 6.85. The molecule has 6 nitrogen and oxygen atoms in total. The highest BCUT2D eigenvalue weighted by molar-refractivity contribution is 9.10. The molecule has 4 rings (SSSR count). The Hall–Kier alpha value is -3.45. The lowest BCUT2D eigenvalue weighted by atomic mass is 10.1. The van der Waals surface area contributed by atoms with Crippen molar-refractivity contribution in [1.82, 2.24) is 14.5 Å². The summed E-state index contributed by atoms with van der Waals surface area (Å²) in [5.74, 6) is 0.552. The topological polar surface area (TPSA) is 67.2 Å². The molecule has 0 aliphatic heterocycles. The average molecular weight is 533 g/mol. The van der Waals surface area contributed by atoms with Gasteiger partial charge in [0.2, 0.25) is 0 Å². The van der Waals surface area contributed by atoms with E-state index < -0.39 is 6.04 Å². The second kappa shape index (κ2) is 10.9. The molecular weight excluding hydrogens is 504 g/mol. The molecule has 1 unspecified atom stereocenters. The molecule has 0 saturated heterocycles. The van der Waals surface area contributed by atoms with Crippen LogP contribution in [-0.2, 0) is 0 Å². The van der Waals surface area contributed by atoms with E-state index in [0.29, 0.717) is 35.4 Å². The fraction of sp³-hybridized carbons (Fsp3) is 0.250. The monoisotopic (exact) mass is 532 g/mol. The summed E-state index contributed by atoms with van der Waals surface area (Å²) in [6.45, 7) is 6.58. The van der Waals surface area contributed by atoms with Gasteiger partial charge in [0, 0.05) is 11.0 Å². The van der Waals surface area contributed by atoms with Gasteiger partial charge in [-0.25, -0.2) is 9.78 Å². The first-order valence-corrected chi connectivity index (χ1v) is 12.6. The van der Waals surface area contributed by atoms with Crippen LogP contribution in [0.25, 0.3) is 16.6 Å². The molecule has 0 spiro atoms. The van der Waals surface area contributed by atoms with Crippen LogP contribution in [0.15, 0.2) is 82.1 Å². The molecule has 180 valence electrons. The maximum atomic E-state index is 13.7. The average Bonchev–Trinajstić information content (AvgIpc) is 2.86. The molecule has 0 aliphatic rings. The van der Waals surface area contributed by atoms with Crippen LogP contribution in [0, 0.1) is 6.92 Å². The van der Waals surface area contributed by atoms with Gasteiger partial charge in [-0.2, -0.15) is 0 Å². The molecule has 0 saturated carbocycles. The number of fused-ring (bicyclic) bond motifs is 1. The van der Waals surface area contributed by atoms with Gasteiger partial charge in [-0.1, -0.05) is 55.8 Å². The Morgan fingerprint density at radius 2 is 1.71 bits per heavy atom. The van der Waals surface area contributed by atoms with Crippen molar-refractivity contribution in [1.29, 1.82) is 0 Å². The number of hydrogen-bond donors (Lipinski definition) is 1. The molecule has 0 bridgehead atoms. The third kappa shape index (κ3) is 5.15. The van der Waals surface area contributed by atoms with Crippen molar-refractivity contribution in [2.45, 2.75) is 39.7 Å². The van der Waals surface area contributed by atoms with Crippen LogP contribution in [0.2, 0.25) is 0 Å². The van der Waals surface area contributed by atoms with Gasteiger partial charge in [0.05, 0.1) is 28.3 Å². The molecule has 7 heteroatoms. The number of nitrogens with one attached hydrogen (secondary N) is 1. The van der Waals surface area contributed by atoms with E-state index in [1.807, 2.05) is 87.5 Å². The van der Waals surface area contributed by atoms with Gasteiger partial charge < -0.3 is 10.2 Å². The van der Waals surface area contributed by atoms with Gasteiger partial charge >= 0.3 is 6.03 Å². The largest absolute Gasteiger partial charge is 0.322 e. The van der Waals surface area contributed by atoms with E-state index in [-0.39, 0.29) is 11.6 Å². The minimum Gasteiger partial charge on any atom is -0.314 e. The molecule has 1 N–H and O–H groups in total. The Balaban J connectivity index is 1.87. The van der Waals surface area contributed by atoms with Crippen LogP contribution in [0.5, 0.6) is 0 Å². The number of urea groups is 1. The van der Waals surface area contributed by atoms with Crippen molar-refractivity contribution in [2.24, 2.45) is 0 Å². The number of amides is 2.